The van der Waals surface area contributed by atoms with Gasteiger partial charge in [0.25, 0.3) is 9.05 Å². The van der Waals surface area contributed by atoms with Crippen LogP contribution in [0.2, 0.25) is 5.02 Å². The van der Waals surface area contributed by atoms with Gasteiger partial charge in [-0.3, -0.25) is 0 Å². The van der Waals surface area contributed by atoms with Crippen molar-refractivity contribution >= 4 is 47.3 Å². The number of halogens is 3. The van der Waals surface area contributed by atoms with Crippen LogP contribution in [0.3, 0.4) is 0 Å². The molecule has 0 atom stereocenters. The minimum absolute atomic E-state index is 0.0687. The van der Waals surface area contributed by atoms with Crippen LogP contribution in [0.5, 0.6) is 11.5 Å². The molecule has 0 spiro atoms. The SMILES string of the molecule is O=S(=O)(Cl)c1ccc(Oc2cccc(Br)c2)c(Cl)c1. The van der Waals surface area contributed by atoms with Gasteiger partial charge in [-0.2, -0.15) is 0 Å². The molecule has 0 N–H and O–H groups in total. The highest BCUT2D eigenvalue weighted by molar-refractivity contribution is 9.10. The number of benzene rings is 2. The normalized spacial score (nSPS) is 11.3. The molecule has 2 rings (SSSR count). The lowest BCUT2D eigenvalue weighted by Gasteiger charge is -2.08. The highest BCUT2D eigenvalue weighted by Crippen LogP contribution is 2.32. The summed E-state index contributed by atoms with van der Waals surface area (Å²) < 4.78 is 28.7. The molecule has 19 heavy (non-hydrogen) atoms. The van der Waals surface area contributed by atoms with E-state index in [9.17, 15) is 8.42 Å². The van der Waals surface area contributed by atoms with E-state index in [1.54, 1.807) is 12.1 Å². The lowest BCUT2D eigenvalue weighted by atomic mass is 10.3. The standard InChI is InChI=1S/C12H7BrCl2O3S/c13-8-2-1-3-9(6-8)18-12-5-4-10(7-11(12)14)19(15,16)17/h1-7H. The van der Waals surface area contributed by atoms with E-state index in [-0.39, 0.29) is 9.92 Å². The van der Waals surface area contributed by atoms with E-state index < -0.39 is 9.05 Å². The maximum Gasteiger partial charge on any atom is 0.261 e. The van der Waals surface area contributed by atoms with Crippen LogP contribution in [0.25, 0.3) is 0 Å². The number of hydrogen-bond donors (Lipinski definition) is 0. The van der Waals surface area contributed by atoms with Gasteiger partial charge in [-0.25, -0.2) is 8.42 Å². The number of hydrogen-bond acceptors (Lipinski definition) is 3. The smallest absolute Gasteiger partial charge is 0.261 e. The van der Waals surface area contributed by atoms with Crippen LogP contribution in [0.4, 0.5) is 0 Å². The molecular formula is C12H7BrCl2O3S. The zero-order chi connectivity index (χ0) is 14.0. The largest absolute Gasteiger partial charge is 0.456 e. The molecule has 2 aromatic carbocycles. The highest BCUT2D eigenvalue weighted by atomic mass is 79.9. The molecule has 0 radical (unpaired) electrons. The minimum atomic E-state index is -3.80. The fraction of sp³-hybridized carbons (Fsp3) is 0. The molecule has 0 aliphatic rings. The summed E-state index contributed by atoms with van der Waals surface area (Å²) in [5.41, 5.74) is 0. The van der Waals surface area contributed by atoms with Gasteiger partial charge in [0.2, 0.25) is 0 Å². The van der Waals surface area contributed by atoms with E-state index in [1.165, 1.54) is 18.2 Å². The molecule has 0 saturated heterocycles. The molecule has 2 aromatic rings. The molecular weight excluding hydrogens is 375 g/mol. The van der Waals surface area contributed by atoms with Crippen molar-refractivity contribution in [2.75, 3.05) is 0 Å². The average molecular weight is 382 g/mol. The van der Waals surface area contributed by atoms with Crippen molar-refractivity contribution in [2.45, 2.75) is 4.90 Å². The van der Waals surface area contributed by atoms with E-state index in [2.05, 4.69) is 15.9 Å². The Balaban J connectivity index is 2.32. The fourth-order valence-electron chi connectivity index (χ4n) is 1.37. The summed E-state index contributed by atoms with van der Waals surface area (Å²) in [5.74, 6) is 0.932. The highest BCUT2D eigenvalue weighted by Gasteiger charge is 2.13. The maximum atomic E-state index is 11.2. The minimum Gasteiger partial charge on any atom is -0.456 e. The van der Waals surface area contributed by atoms with Crippen LogP contribution in [0, 0.1) is 0 Å². The second-order valence-electron chi connectivity index (χ2n) is 3.59. The van der Waals surface area contributed by atoms with Crippen molar-refractivity contribution in [3.05, 3.63) is 52.0 Å². The predicted molar refractivity (Wildman–Crippen MR) is 78.7 cm³/mol. The molecule has 0 aliphatic heterocycles. The van der Waals surface area contributed by atoms with Crippen LogP contribution in [0.15, 0.2) is 51.8 Å². The van der Waals surface area contributed by atoms with Gasteiger partial charge in [-0.1, -0.05) is 33.6 Å². The first-order valence-electron chi connectivity index (χ1n) is 5.04. The molecule has 0 unspecified atom stereocenters. The third kappa shape index (κ3) is 3.86. The quantitative estimate of drug-likeness (QED) is 0.715. The lowest BCUT2D eigenvalue weighted by molar-refractivity contribution is 0.482. The molecule has 100 valence electrons. The lowest BCUT2D eigenvalue weighted by Crippen LogP contribution is -1.92. The maximum absolute atomic E-state index is 11.2. The van der Waals surface area contributed by atoms with Crippen molar-refractivity contribution in [3.63, 3.8) is 0 Å². The van der Waals surface area contributed by atoms with Crippen molar-refractivity contribution in [1.82, 2.24) is 0 Å². The first kappa shape index (κ1) is 14.7. The summed E-state index contributed by atoms with van der Waals surface area (Å²) in [4.78, 5) is -0.0687. The molecule has 3 nitrogen and oxygen atoms in total. The van der Waals surface area contributed by atoms with Crippen molar-refractivity contribution < 1.29 is 13.2 Å². The average Bonchev–Trinajstić information content (AvgIpc) is 2.30. The Labute approximate surface area is 128 Å². The Morgan fingerprint density at radius 1 is 1.11 bits per heavy atom. The van der Waals surface area contributed by atoms with Gasteiger partial charge < -0.3 is 4.74 Å². The summed E-state index contributed by atoms with van der Waals surface area (Å²) in [5, 5.41) is 0.168. The predicted octanol–water partition coefficient (Wildman–Crippen LogP) is 4.82. The van der Waals surface area contributed by atoms with E-state index in [1.807, 2.05) is 12.1 Å². The van der Waals surface area contributed by atoms with Crippen LogP contribution < -0.4 is 4.74 Å². The number of ether oxygens (including phenoxy) is 1. The third-order valence-corrected chi connectivity index (χ3v) is 4.35. The molecule has 0 aliphatic carbocycles. The summed E-state index contributed by atoms with van der Waals surface area (Å²) in [6.45, 7) is 0. The second-order valence-corrected chi connectivity index (χ2v) is 7.48. The van der Waals surface area contributed by atoms with Crippen LogP contribution >= 0.6 is 38.2 Å². The third-order valence-electron chi connectivity index (χ3n) is 2.21. The van der Waals surface area contributed by atoms with Gasteiger partial charge in [0.05, 0.1) is 9.92 Å². The first-order valence-corrected chi connectivity index (χ1v) is 8.52. The molecule has 0 bridgehead atoms. The summed E-state index contributed by atoms with van der Waals surface area (Å²) >= 11 is 9.29. The summed E-state index contributed by atoms with van der Waals surface area (Å²) in [6.07, 6.45) is 0. The zero-order valence-corrected chi connectivity index (χ0v) is 13.2. The van der Waals surface area contributed by atoms with Crippen LogP contribution in [-0.4, -0.2) is 8.42 Å². The Morgan fingerprint density at radius 3 is 2.42 bits per heavy atom. The van der Waals surface area contributed by atoms with Crippen molar-refractivity contribution in [1.29, 1.82) is 0 Å². The van der Waals surface area contributed by atoms with E-state index in [4.69, 9.17) is 27.0 Å². The molecule has 0 saturated carbocycles. The number of rotatable bonds is 3. The fourth-order valence-corrected chi connectivity index (χ4v) is 2.81. The van der Waals surface area contributed by atoms with Crippen molar-refractivity contribution in [2.24, 2.45) is 0 Å². The van der Waals surface area contributed by atoms with Gasteiger partial charge in [0, 0.05) is 15.2 Å². The van der Waals surface area contributed by atoms with Gasteiger partial charge in [-0.05, 0) is 36.4 Å². The monoisotopic (exact) mass is 380 g/mol. The van der Waals surface area contributed by atoms with Gasteiger partial charge in [0.1, 0.15) is 11.5 Å². The van der Waals surface area contributed by atoms with E-state index in [0.29, 0.717) is 11.5 Å². The summed E-state index contributed by atoms with van der Waals surface area (Å²) in [6, 6.07) is 11.2. The molecule has 0 heterocycles. The van der Waals surface area contributed by atoms with Crippen LogP contribution in [0.1, 0.15) is 0 Å². The molecule has 0 aromatic heterocycles. The van der Waals surface area contributed by atoms with E-state index in [0.717, 1.165) is 4.47 Å². The Morgan fingerprint density at radius 2 is 1.84 bits per heavy atom. The molecule has 0 fully saturated rings. The first-order chi connectivity index (χ1) is 8.86. The Bertz CT molecular complexity index is 717. The Hall–Kier alpha value is -0.750. The van der Waals surface area contributed by atoms with Crippen LogP contribution in [-0.2, 0) is 9.05 Å². The van der Waals surface area contributed by atoms with E-state index >= 15 is 0 Å². The topological polar surface area (TPSA) is 43.4 Å². The molecule has 0 amide bonds. The second kappa shape index (κ2) is 5.71. The van der Waals surface area contributed by atoms with Gasteiger partial charge in [-0.15, -0.1) is 0 Å². The molecule has 7 heteroatoms. The van der Waals surface area contributed by atoms with Gasteiger partial charge in [0.15, 0.2) is 0 Å². The summed E-state index contributed by atoms with van der Waals surface area (Å²) in [7, 11) is 1.43. The van der Waals surface area contributed by atoms with Gasteiger partial charge >= 0.3 is 0 Å². The Kier molecular flexibility index (Phi) is 4.40. The zero-order valence-electron chi connectivity index (χ0n) is 9.31. The van der Waals surface area contributed by atoms with Crippen molar-refractivity contribution in [3.8, 4) is 11.5 Å².